The highest BCUT2D eigenvalue weighted by atomic mass is 16.2. The van der Waals surface area contributed by atoms with Crippen LogP contribution >= 0.6 is 0 Å². The summed E-state index contributed by atoms with van der Waals surface area (Å²) in [6.45, 7) is 6.91. The second-order valence-electron chi connectivity index (χ2n) is 6.14. The highest BCUT2D eigenvalue weighted by Gasteiger charge is 2.26. The van der Waals surface area contributed by atoms with E-state index in [1.165, 1.54) is 11.1 Å². The van der Waals surface area contributed by atoms with Crippen LogP contribution < -0.4 is 5.32 Å². The lowest BCUT2D eigenvalue weighted by atomic mass is 10.1. The fraction of sp³-hybridized carbons (Fsp3) is 0.389. The van der Waals surface area contributed by atoms with E-state index >= 15 is 0 Å². The van der Waals surface area contributed by atoms with Gasteiger partial charge in [-0.25, -0.2) is 0 Å². The Labute approximate surface area is 126 Å². The first-order chi connectivity index (χ1) is 10.0. The summed E-state index contributed by atoms with van der Waals surface area (Å²) >= 11 is 0. The molecule has 0 radical (unpaired) electrons. The maximum absolute atomic E-state index is 12.5. The Morgan fingerprint density at radius 1 is 1.19 bits per heavy atom. The van der Waals surface area contributed by atoms with Crippen LogP contribution in [0.3, 0.4) is 0 Å². The van der Waals surface area contributed by atoms with E-state index in [-0.39, 0.29) is 5.91 Å². The number of amides is 1. The topological polar surface area (TPSA) is 34.0 Å². The highest BCUT2D eigenvalue weighted by Crippen LogP contribution is 2.22. The van der Waals surface area contributed by atoms with E-state index in [1.54, 1.807) is 0 Å². The molecule has 1 fully saturated rings. The van der Waals surface area contributed by atoms with Crippen LogP contribution in [0.1, 0.15) is 45.7 Å². The first-order valence-electron chi connectivity index (χ1n) is 7.58. The van der Waals surface area contributed by atoms with Crippen molar-refractivity contribution in [3.8, 4) is 0 Å². The molecular formula is C18H22N2O. The summed E-state index contributed by atoms with van der Waals surface area (Å²) in [6.07, 6.45) is 2.23. The summed E-state index contributed by atoms with van der Waals surface area (Å²) < 4.78 is 2.12. The Balaban J connectivity index is 1.89. The number of nitrogens with one attached hydrogen (secondary N) is 1. The van der Waals surface area contributed by atoms with Gasteiger partial charge in [-0.15, -0.1) is 0 Å². The van der Waals surface area contributed by atoms with Crippen LogP contribution in [0.2, 0.25) is 0 Å². The fourth-order valence-corrected chi connectivity index (χ4v) is 2.71. The van der Waals surface area contributed by atoms with Crippen LogP contribution in [0.25, 0.3) is 0 Å². The second-order valence-corrected chi connectivity index (χ2v) is 6.14. The minimum atomic E-state index is 0.0650. The van der Waals surface area contributed by atoms with Gasteiger partial charge >= 0.3 is 0 Å². The van der Waals surface area contributed by atoms with Crippen LogP contribution in [-0.2, 0) is 6.54 Å². The van der Waals surface area contributed by atoms with Crippen molar-refractivity contribution in [2.75, 3.05) is 0 Å². The lowest BCUT2D eigenvalue weighted by molar-refractivity contribution is 0.0941. The van der Waals surface area contributed by atoms with E-state index in [4.69, 9.17) is 0 Å². The minimum absolute atomic E-state index is 0.0650. The van der Waals surface area contributed by atoms with Gasteiger partial charge in [0.15, 0.2) is 0 Å². The molecule has 1 amide bonds. The van der Waals surface area contributed by atoms with Gasteiger partial charge in [0.05, 0.1) is 0 Å². The molecule has 1 N–H and O–H groups in total. The Morgan fingerprint density at radius 3 is 2.48 bits per heavy atom. The zero-order valence-electron chi connectivity index (χ0n) is 12.9. The van der Waals surface area contributed by atoms with E-state index in [2.05, 4.69) is 54.1 Å². The second kappa shape index (κ2) is 5.40. The van der Waals surface area contributed by atoms with E-state index in [1.807, 2.05) is 6.92 Å². The summed E-state index contributed by atoms with van der Waals surface area (Å²) in [5.74, 6) is 0.0650. The Bertz CT molecular complexity index is 663. The van der Waals surface area contributed by atoms with Crippen molar-refractivity contribution in [2.24, 2.45) is 0 Å². The van der Waals surface area contributed by atoms with Gasteiger partial charge in [-0.1, -0.05) is 29.8 Å². The van der Waals surface area contributed by atoms with Crippen LogP contribution in [0.4, 0.5) is 0 Å². The molecule has 0 bridgehead atoms. The molecule has 2 aromatic rings. The molecule has 0 unspecified atom stereocenters. The number of rotatable bonds is 4. The number of nitrogens with zero attached hydrogens (tertiary/aromatic N) is 1. The first kappa shape index (κ1) is 13.9. The molecular weight excluding hydrogens is 260 g/mol. The normalized spacial score (nSPS) is 14.2. The molecule has 1 aromatic carbocycles. The van der Waals surface area contributed by atoms with Gasteiger partial charge in [0, 0.05) is 18.3 Å². The molecule has 1 aliphatic rings. The maximum atomic E-state index is 12.5. The van der Waals surface area contributed by atoms with Crippen molar-refractivity contribution >= 4 is 5.91 Å². The zero-order chi connectivity index (χ0) is 15.0. The Hall–Kier alpha value is -2.03. The number of aromatic nitrogens is 1. The molecule has 1 aliphatic carbocycles. The monoisotopic (exact) mass is 282 g/mol. The fourth-order valence-electron chi connectivity index (χ4n) is 2.71. The molecule has 0 aliphatic heterocycles. The summed E-state index contributed by atoms with van der Waals surface area (Å²) in [7, 11) is 0. The smallest absolute Gasteiger partial charge is 0.268 e. The summed E-state index contributed by atoms with van der Waals surface area (Å²) in [4.78, 5) is 12.5. The van der Waals surface area contributed by atoms with Crippen molar-refractivity contribution in [1.29, 1.82) is 0 Å². The van der Waals surface area contributed by atoms with Crippen LogP contribution in [0, 0.1) is 20.8 Å². The van der Waals surface area contributed by atoms with Gasteiger partial charge in [0.1, 0.15) is 5.69 Å². The van der Waals surface area contributed by atoms with E-state index < -0.39 is 0 Å². The van der Waals surface area contributed by atoms with Gasteiger partial charge in [-0.3, -0.25) is 4.79 Å². The molecule has 1 aromatic heterocycles. The van der Waals surface area contributed by atoms with Crippen molar-refractivity contribution in [1.82, 2.24) is 9.88 Å². The minimum Gasteiger partial charge on any atom is -0.348 e. The maximum Gasteiger partial charge on any atom is 0.268 e. The molecule has 3 heteroatoms. The average molecular weight is 282 g/mol. The quantitative estimate of drug-likeness (QED) is 0.916. The number of hydrogen-bond donors (Lipinski definition) is 1. The molecule has 0 saturated heterocycles. The Morgan fingerprint density at radius 2 is 1.86 bits per heavy atom. The molecule has 110 valence electrons. The third-order valence-corrected chi connectivity index (χ3v) is 4.08. The highest BCUT2D eigenvalue weighted by molar-refractivity contribution is 5.94. The Kier molecular flexibility index (Phi) is 3.58. The largest absolute Gasteiger partial charge is 0.348 e. The van der Waals surface area contributed by atoms with Gasteiger partial charge in [-0.05, 0) is 50.8 Å². The number of carbonyl (C=O) groups is 1. The predicted octanol–water partition coefficient (Wildman–Crippen LogP) is 3.35. The standard InChI is InChI=1S/C18H22N2O/c1-12-4-6-15(7-5-12)11-20-14(3)10-13(2)17(20)18(21)19-16-8-9-16/h4-7,10,16H,8-9,11H2,1-3H3,(H,19,21). The summed E-state index contributed by atoms with van der Waals surface area (Å²) in [5.41, 5.74) is 5.47. The van der Waals surface area contributed by atoms with Crippen molar-refractivity contribution in [2.45, 2.75) is 46.2 Å². The van der Waals surface area contributed by atoms with E-state index in [0.29, 0.717) is 6.04 Å². The SMILES string of the molecule is Cc1ccc(Cn2c(C)cc(C)c2C(=O)NC2CC2)cc1. The lowest BCUT2D eigenvalue weighted by Gasteiger charge is -2.13. The predicted molar refractivity (Wildman–Crippen MR) is 84.7 cm³/mol. The number of aryl methyl sites for hydroxylation is 3. The van der Waals surface area contributed by atoms with Gasteiger partial charge in [0.25, 0.3) is 5.91 Å². The van der Waals surface area contributed by atoms with Gasteiger partial charge < -0.3 is 9.88 Å². The molecule has 1 heterocycles. The first-order valence-corrected chi connectivity index (χ1v) is 7.58. The lowest BCUT2D eigenvalue weighted by Crippen LogP contribution is -2.28. The van der Waals surface area contributed by atoms with Gasteiger partial charge in [0.2, 0.25) is 0 Å². The molecule has 0 spiro atoms. The van der Waals surface area contributed by atoms with E-state index in [0.717, 1.165) is 36.3 Å². The molecule has 3 nitrogen and oxygen atoms in total. The van der Waals surface area contributed by atoms with E-state index in [9.17, 15) is 4.79 Å². The van der Waals surface area contributed by atoms with Crippen LogP contribution in [-0.4, -0.2) is 16.5 Å². The molecule has 1 saturated carbocycles. The molecule has 3 rings (SSSR count). The number of hydrogen-bond acceptors (Lipinski definition) is 1. The van der Waals surface area contributed by atoms with Gasteiger partial charge in [-0.2, -0.15) is 0 Å². The third-order valence-electron chi connectivity index (χ3n) is 4.08. The van der Waals surface area contributed by atoms with Crippen LogP contribution in [0.5, 0.6) is 0 Å². The zero-order valence-corrected chi connectivity index (χ0v) is 12.9. The number of benzene rings is 1. The summed E-state index contributed by atoms with van der Waals surface area (Å²) in [5, 5.41) is 3.10. The van der Waals surface area contributed by atoms with Crippen molar-refractivity contribution in [3.05, 3.63) is 58.4 Å². The van der Waals surface area contributed by atoms with Crippen molar-refractivity contribution < 1.29 is 4.79 Å². The van der Waals surface area contributed by atoms with Crippen LogP contribution in [0.15, 0.2) is 30.3 Å². The summed E-state index contributed by atoms with van der Waals surface area (Å²) in [6, 6.07) is 11.0. The third kappa shape index (κ3) is 3.02. The molecule has 21 heavy (non-hydrogen) atoms. The average Bonchev–Trinajstić information content (AvgIpc) is 3.19. The van der Waals surface area contributed by atoms with Crippen molar-refractivity contribution in [3.63, 3.8) is 0 Å². The molecule has 0 atom stereocenters. The number of carbonyl (C=O) groups excluding carboxylic acids is 1.